The first-order chi connectivity index (χ1) is 12.9. The Morgan fingerprint density at radius 3 is 2.70 bits per heavy atom. The highest BCUT2D eigenvalue weighted by atomic mass is 32.2. The van der Waals surface area contributed by atoms with Crippen LogP contribution in [-0.4, -0.2) is 35.1 Å². The molecule has 0 saturated carbocycles. The van der Waals surface area contributed by atoms with Gasteiger partial charge < -0.3 is 14.6 Å². The van der Waals surface area contributed by atoms with Crippen LogP contribution in [0.1, 0.15) is 11.5 Å². The van der Waals surface area contributed by atoms with Crippen molar-refractivity contribution in [3.8, 4) is 10.8 Å². The first kappa shape index (κ1) is 19.2. The number of thioether (sulfide) groups is 1. The van der Waals surface area contributed by atoms with Crippen LogP contribution < -0.4 is 5.32 Å². The summed E-state index contributed by atoms with van der Waals surface area (Å²) in [5.41, 5.74) is 1.20. The van der Waals surface area contributed by atoms with Gasteiger partial charge in [0.05, 0.1) is 22.7 Å². The normalized spacial score (nSPS) is 10.6. The summed E-state index contributed by atoms with van der Waals surface area (Å²) in [4.78, 5) is 32.0. The average Bonchev–Trinajstić information content (AvgIpc) is 3.27. The van der Waals surface area contributed by atoms with Crippen molar-refractivity contribution in [2.45, 2.75) is 18.2 Å². The van der Waals surface area contributed by atoms with Crippen LogP contribution in [0.25, 0.3) is 10.8 Å². The molecule has 27 heavy (non-hydrogen) atoms. The highest BCUT2D eigenvalue weighted by Gasteiger charge is 2.17. The second-order valence-corrected chi connectivity index (χ2v) is 7.92. The molecule has 140 valence electrons. The quantitative estimate of drug-likeness (QED) is 0.629. The molecule has 3 rings (SSSR count). The molecule has 2 aromatic heterocycles. The molecule has 0 aliphatic heterocycles. The highest BCUT2D eigenvalue weighted by molar-refractivity contribution is 8.13. The van der Waals surface area contributed by atoms with E-state index in [0.717, 1.165) is 16.6 Å². The lowest BCUT2D eigenvalue weighted by Crippen LogP contribution is -2.18. The van der Waals surface area contributed by atoms with Crippen molar-refractivity contribution in [1.29, 1.82) is 0 Å². The van der Waals surface area contributed by atoms with Gasteiger partial charge in [0.25, 0.3) is 5.24 Å². The van der Waals surface area contributed by atoms with Gasteiger partial charge in [-0.05, 0) is 42.3 Å². The van der Waals surface area contributed by atoms with Crippen molar-refractivity contribution in [3.05, 3.63) is 53.2 Å². The minimum Gasteiger partial charge on any atom is -0.440 e. The lowest BCUT2D eigenvalue weighted by molar-refractivity contribution is -0.115. The molecular formula is C19H19N3O3S2. The molecule has 8 heteroatoms. The van der Waals surface area contributed by atoms with Gasteiger partial charge in [-0.3, -0.25) is 9.59 Å². The molecule has 0 saturated heterocycles. The van der Waals surface area contributed by atoms with E-state index in [-0.39, 0.29) is 17.6 Å². The summed E-state index contributed by atoms with van der Waals surface area (Å²) < 4.78 is 5.68. The van der Waals surface area contributed by atoms with Gasteiger partial charge >= 0.3 is 0 Å². The molecule has 2 heterocycles. The lowest BCUT2D eigenvalue weighted by Gasteiger charge is -2.12. The Bertz CT molecular complexity index is 949. The number of oxazole rings is 1. The number of aryl methyl sites for hydroxylation is 1. The predicted octanol–water partition coefficient (Wildman–Crippen LogP) is 4.67. The maximum atomic E-state index is 12.5. The molecule has 0 atom stereocenters. The molecule has 6 nitrogen and oxygen atoms in total. The van der Waals surface area contributed by atoms with Crippen molar-refractivity contribution in [2.24, 2.45) is 0 Å². The zero-order valence-corrected chi connectivity index (χ0v) is 16.8. The van der Waals surface area contributed by atoms with Crippen LogP contribution in [0.15, 0.2) is 51.1 Å². The zero-order valence-electron chi connectivity index (χ0n) is 15.2. The van der Waals surface area contributed by atoms with Gasteiger partial charge in [-0.15, -0.1) is 11.3 Å². The van der Waals surface area contributed by atoms with Crippen molar-refractivity contribution in [3.63, 3.8) is 0 Å². The second-order valence-electron chi connectivity index (χ2n) is 5.98. The van der Waals surface area contributed by atoms with Gasteiger partial charge in [-0.25, -0.2) is 4.98 Å². The Balaban J connectivity index is 1.71. The van der Waals surface area contributed by atoms with E-state index >= 15 is 0 Å². The van der Waals surface area contributed by atoms with E-state index < -0.39 is 0 Å². The molecule has 0 spiro atoms. The summed E-state index contributed by atoms with van der Waals surface area (Å²) in [6.07, 6.45) is 0.0985. The monoisotopic (exact) mass is 401 g/mol. The first-order valence-electron chi connectivity index (χ1n) is 8.22. The number of nitrogens with zero attached hydrogens (tertiary/aromatic N) is 2. The van der Waals surface area contributed by atoms with Crippen LogP contribution in [0, 0.1) is 6.92 Å². The smallest absolute Gasteiger partial charge is 0.286 e. The van der Waals surface area contributed by atoms with Crippen molar-refractivity contribution in [2.75, 3.05) is 19.4 Å². The fourth-order valence-electron chi connectivity index (χ4n) is 2.29. The summed E-state index contributed by atoms with van der Waals surface area (Å²) in [5, 5.41) is 4.71. The van der Waals surface area contributed by atoms with Crippen molar-refractivity contribution >= 4 is 39.9 Å². The number of rotatable bonds is 5. The summed E-state index contributed by atoms with van der Waals surface area (Å²) >= 11 is 2.61. The van der Waals surface area contributed by atoms with E-state index in [1.54, 1.807) is 33.2 Å². The molecule has 0 aliphatic rings. The highest BCUT2D eigenvalue weighted by Crippen LogP contribution is 2.29. The van der Waals surface area contributed by atoms with Gasteiger partial charge in [-0.1, -0.05) is 18.2 Å². The average molecular weight is 402 g/mol. The Morgan fingerprint density at radius 2 is 2.00 bits per heavy atom. The lowest BCUT2D eigenvalue weighted by atomic mass is 10.2. The van der Waals surface area contributed by atoms with E-state index in [4.69, 9.17) is 4.42 Å². The Kier molecular flexibility index (Phi) is 5.98. The standard InChI is InChI=1S/C19H19N3O3S2/c1-12-14(21-18(25-12)16-9-6-10-26-16)11-17(23)20-13-7-4-5-8-15(13)27-19(24)22(2)3/h4-10H,11H2,1-3H3,(H,20,23). The van der Waals surface area contributed by atoms with E-state index in [9.17, 15) is 9.59 Å². The minimum absolute atomic E-state index is 0.0985. The number of carbonyl (C=O) groups is 2. The second kappa shape index (κ2) is 8.41. The van der Waals surface area contributed by atoms with E-state index in [0.29, 0.717) is 27.9 Å². The molecule has 2 amide bonds. The molecular weight excluding hydrogens is 382 g/mol. The maximum absolute atomic E-state index is 12.5. The fraction of sp³-hybridized carbons (Fsp3) is 0.211. The van der Waals surface area contributed by atoms with Crippen LogP contribution in [0.4, 0.5) is 10.5 Å². The molecule has 1 aromatic carbocycles. The van der Waals surface area contributed by atoms with Crippen LogP contribution in [0.3, 0.4) is 0 Å². The number of thiophene rings is 1. The number of hydrogen-bond donors (Lipinski definition) is 1. The van der Waals surface area contributed by atoms with Gasteiger partial charge in [0.2, 0.25) is 11.8 Å². The molecule has 3 aromatic rings. The SMILES string of the molecule is Cc1oc(-c2cccs2)nc1CC(=O)Nc1ccccc1SC(=O)N(C)C. The number of para-hydroxylation sites is 1. The third-order valence-corrected chi connectivity index (χ3v) is 5.65. The van der Waals surface area contributed by atoms with E-state index in [1.165, 1.54) is 16.2 Å². The number of benzene rings is 1. The van der Waals surface area contributed by atoms with Gasteiger partial charge in [0.1, 0.15) is 5.76 Å². The minimum atomic E-state index is -0.213. The third kappa shape index (κ3) is 4.78. The molecule has 0 aliphatic carbocycles. The summed E-state index contributed by atoms with van der Waals surface area (Å²) in [6, 6.07) is 11.1. The summed E-state index contributed by atoms with van der Waals surface area (Å²) in [6.45, 7) is 1.80. The van der Waals surface area contributed by atoms with Crippen LogP contribution in [-0.2, 0) is 11.2 Å². The fourth-order valence-corrected chi connectivity index (χ4v) is 3.68. The molecule has 1 N–H and O–H groups in total. The Labute approximate surface area is 165 Å². The Hall–Kier alpha value is -2.58. The van der Waals surface area contributed by atoms with Crippen LogP contribution >= 0.6 is 23.1 Å². The van der Waals surface area contributed by atoms with Crippen LogP contribution in [0.5, 0.6) is 0 Å². The van der Waals surface area contributed by atoms with Gasteiger partial charge in [-0.2, -0.15) is 0 Å². The zero-order chi connectivity index (χ0) is 19.4. The number of hydrogen-bond acceptors (Lipinski definition) is 6. The summed E-state index contributed by atoms with van der Waals surface area (Å²) in [7, 11) is 3.38. The largest absolute Gasteiger partial charge is 0.440 e. The number of aromatic nitrogens is 1. The van der Waals surface area contributed by atoms with Crippen molar-refractivity contribution in [1.82, 2.24) is 9.88 Å². The molecule has 0 bridgehead atoms. The Morgan fingerprint density at radius 1 is 1.22 bits per heavy atom. The van der Waals surface area contributed by atoms with Gasteiger partial charge in [0.15, 0.2) is 0 Å². The number of nitrogens with one attached hydrogen (secondary N) is 1. The summed E-state index contributed by atoms with van der Waals surface area (Å²) in [5.74, 6) is 0.936. The number of anilines is 1. The molecule has 0 radical (unpaired) electrons. The third-order valence-electron chi connectivity index (χ3n) is 3.68. The number of carbonyl (C=O) groups excluding carboxylic acids is 2. The number of amides is 2. The maximum Gasteiger partial charge on any atom is 0.286 e. The van der Waals surface area contributed by atoms with Crippen LogP contribution in [0.2, 0.25) is 0 Å². The first-order valence-corrected chi connectivity index (χ1v) is 9.92. The predicted molar refractivity (Wildman–Crippen MR) is 108 cm³/mol. The van der Waals surface area contributed by atoms with E-state index in [1.807, 2.05) is 29.6 Å². The topological polar surface area (TPSA) is 75.4 Å². The molecule has 0 unspecified atom stereocenters. The van der Waals surface area contributed by atoms with Crippen molar-refractivity contribution < 1.29 is 14.0 Å². The molecule has 0 fully saturated rings. The van der Waals surface area contributed by atoms with Gasteiger partial charge in [0, 0.05) is 19.0 Å². The van der Waals surface area contributed by atoms with E-state index in [2.05, 4.69) is 10.3 Å².